The molecule has 5 nitrogen and oxygen atoms in total. The zero-order valence-electron chi connectivity index (χ0n) is 8.07. The number of aromatic nitrogens is 1. The van der Waals surface area contributed by atoms with Gasteiger partial charge in [-0.1, -0.05) is 11.6 Å². The van der Waals surface area contributed by atoms with Crippen molar-refractivity contribution in [2.24, 2.45) is 5.73 Å². The van der Waals surface area contributed by atoms with Crippen LogP contribution in [-0.4, -0.2) is 30.6 Å². The first kappa shape index (κ1) is 11.7. The van der Waals surface area contributed by atoms with E-state index < -0.39 is 0 Å². The van der Waals surface area contributed by atoms with Gasteiger partial charge >= 0.3 is 0 Å². The van der Waals surface area contributed by atoms with Crippen LogP contribution >= 0.6 is 11.6 Å². The highest BCUT2D eigenvalue weighted by atomic mass is 35.5. The van der Waals surface area contributed by atoms with E-state index >= 15 is 0 Å². The maximum atomic E-state index is 10.8. The summed E-state index contributed by atoms with van der Waals surface area (Å²) in [6.07, 6.45) is 1.58. The lowest BCUT2D eigenvalue weighted by molar-refractivity contribution is -0.119. The highest BCUT2D eigenvalue weighted by Gasteiger charge is 2.01. The first-order valence-corrected chi connectivity index (χ1v) is 4.82. The second-order valence-electron chi connectivity index (χ2n) is 2.69. The van der Waals surface area contributed by atoms with E-state index in [9.17, 15) is 4.79 Å². The Labute approximate surface area is 92.6 Å². The molecule has 0 aliphatic carbocycles. The summed E-state index contributed by atoms with van der Waals surface area (Å²) in [6.45, 7) is 0.662. The fourth-order valence-corrected chi connectivity index (χ4v) is 1.06. The molecule has 0 unspecified atom stereocenters. The van der Waals surface area contributed by atoms with Crippen LogP contribution in [0, 0.1) is 0 Å². The van der Waals surface area contributed by atoms with Crippen molar-refractivity contribution >= 4 is 17.5 Å². The van der Waals surface area contributed by atoms with Crippen molar-refractivity contribution < 1.29 is 9.53 Å². The third kappa shape index (κ3) is 4.14. The van der Waals surface area contributed by atoms with Crippen LogP contribution < -0.4 is 15.8 Å². The number of nitrogens with two attached hydrogens (primary N) is 1. The number of pyridine rings is 1. The van der Waals surface area contributed by atoms with E-state index in [0.717, 1.165) is 0 Å². The fraction of sp³-hybridized carbons (Fsp3) is 0.333. The number of nitrogens with zero attached hydrogens (tertiary/aromatic N) is 1. The molecular formula is C9H12ClN3O2. The van der Waals surface area contributed by atoms with E-state index in [0.29, 0.717) is 24.1 Å². The quantitative estimate of drug-likeness (QED) is 0.707. The van der Waals surface area contributed by atoms with Gasteiger partial charge in [0.1, 0.15) is 11.6 Å². The Morgan fingerprint density at radius 1 is 1.67 bits per heavy atom. The predicted molar refractivity (Wildman–Crippen MR) is 56.8 cm³/mol. The number of carbonyl (C=O) groups is 1. The van der Waals surface area contributed by atoms with Crippen molar-refractivity contribution in [3.8, 4) is 5.88 Å². The summed E-state index contributed by atoms with van der Waals surface area (Å²) in [4.78, 5) is 14.7. The number of rotatable bonds is 5. The van der Waals surface area contributed by atoms with Crippen molar-refractivity contribution in [3.05, 3.63) is 23.4 Å². The molecule has 0 aliphatic heterocycles. The minimum atomic E-state index is -0.217. The average molecular weight is 230 g/mol. The van der Waals surface area contributed by atoms with Gasteiger partial charge in [0.2, 0.25) is 11.8 Å². The van der Waals surface area contributed by atoms with Gasteiger partial charge in [0.15, 0.2) is 0 Å². The van der Waals surface area contributed by atoms with Crippen LogP contribution in [0.2, 0.25) is 5.02 Å². The minimum Gasteiger partial charge on any atom is -0.475 e. The summed E-state index contributed by atoms with van der Waals surface area (Å²) < 4.78 is 5.23. The van der Waals surface area contributed by atoms with E-state index in [-0.39, 0.29) is 12.5 Å². The Morgan fingerprint density at radius 2 is 2.47 bits per heavy atom. The van der Waals surface area contributed by atoms with E-state index in [2.05, 4.69) is 10.3 Å². The Kier molecular flexibility index (Phi) is 4.86. The van der Waals surface area contributed by atoms with Gasteiger partial charge in [0.25, 0.3) is 0 Å². The molecule has 15 heavy (non-hydrogen) atoms. The lowest BCUT2D eigenvalue weighted by Crippen LogP contribution is -2.33. The molecule has 0 spiro atoms. The summed E-state index contributed by atoms with van der Waals surface area (Å²) >= 11 is 5.80. The van der Waals surface area contributed by atoms with Gasteiger partial charge in [-0.05, 0) is 12.1 Å². The molecule has 1 amide bonds. The largest absolute Gasteiger partial charge is 0.475 e. The van der Waals surface area contributed by atoms with Crippen LogP contribution in [-0.2, 0) is 4.79 Å². The van der Waals surface area contributed by atoms with Crippen molar-refractivity contribution in [1.82, 2.24) is 10.3 Å². The standard InChI is InChI=1S/C9H12ClN3O2/c10-7-2-1-3-13-9(7)15-5-4-12-8(14)6-11/h1-3H,4-6,11H2,(H,12,14). The van der Waals surface area contributed by atoms with Crippen LogP contribution in [0.15, 0.2) is 18.3 Å². The van der Waals surface area contributed by atoms with Crippen LogP contribution in [0.25, 0.3) is 0 Å². The first-order valence-electron chi connectivity index (χ1n) is 4.44. The molecule has 0 fully saturated rings. The number of halogens is 1. The SMILES string of the molecule is NCC(=O)NCCOc1ncccc1Cl. The molecule has 0 radical (unpaired) electrons. The maximum absolute atomic E-state index is 10.8. The molecule has 82 valence electrons. The summed E-state index contributed by atoms with van der Waals surface area (Å²) in [5, 5.41) is 3.01. The minimum absolute atomic E-state index is 0.0235. The Morgan fingerprint density at radius 3 is 3.13 bits per heavy atom. The lowest BCUT2D eigenvalue weighted by atomic mass is 10.5. The van der Waals surface area contributed by atoms with Gasteiger partial charge in [-0.2, -0.15) is 0 Å². The van der Waals surface area contributed by atoms with Crippen molar-refractivity contribution in [2.45, 2.75) is 0 Å². The molecule has 0 saturated heterocycles. The fourth-order valence-electron chi connectivity index (χ4n) is 0.888. The summed E-state index contributed by atoms with van der Waals surface area (Å²) in [6, 6.07) is 3.40. The molecule has 0 atom stereocenters. The van der Waals surface area contributed by atoms with Crippen LogP contribution in [0.3, 0.4) is 0 Å². The highest BCUT2D eigenvalue weighted by Crippen LogP contribution is 2.19. The Bertz CT molecular complexity index is 333. The zero-order valence-corrected chi connectivity index (χ0v) is 8.83. The lowest BCUT2D eigenvalue weighted by Gasteiger charge is -2.06. The number of hydrogen-bond donors (Lipinski definition) is 2. The van der Waals surface area contributed by atoms with Gasteiger partial charge in [0, 0.05) is 6.20 Å². The monoisotopic (exact) mass is 229 g/mol. The first-order chi connectivity index (χ1) is 7.24. The molecule has 6 heteroatoms. The van der Waals surface area contributed by atoms with Gasteiger partial charge in [-0.15, -0.1) is 0 Å². The molecule has 3 N–H and O–H groups in total. The van der Waals surface area contributed by atoms with E-state index in [4.69, 9.17) is 22.1 Å². The number of ether oxygens (including phenoxy) is 1. The second kappa shape index (κ2) is 6.21. The van der Waals surface area contributed by atoms with E-state index in [1.165, 1.54) is 0 Å². The van der Waals surface area contributed by atoms with Crippen LogP contribution in [0.4, 0.5) is 0 Å². The molecule has 0 aromatic carbocycles. The summed E-state index contributed by atoms with van der Waals surface area (Å²) in [5.74, 6) is 0.145. The van der Waals surface area contributed by atoms with Crippen molar-refractivity contribution in [1.29, 1.82) is 0 Å². The number of amides is 1. The van der Waals surface area contributed by atoms with Crippen molar-refractivity contribution in [2.75, 3.05) is 19.7 Å². The van der Waals surface area contributed by atoms with Gasteiger partial charge in [-0.25, -0.2) is 4.98 Å². The van der Waals surface area contributed by atoms with E-state index in [1.807, 2.05) is 0 Å². The van der Waals surface area contributed by atoms with Crippen LogP contribution in [0.1, 0.15) is 0 Å². The molecule has 0 aliphatic rings. The zero-order chi connectivity index (χ0) is 11.1. The van der Waals surface area contributed by atoms with Crippen molar-refractivity contribution in [3.63, 3.8) is 0 Å². The third-order valence-corrected chi connectivity index (χ3v) is 1.86. The van der Waals surface area contributed by atoms with Crippen LogP contribution in [0.5, 0.6) is 5.88 Å². The predicted octanol–water partition coefficient (Wildman–Crippen LogP) is 0.189. The van der Waals surface area contributed by atoms with Gasteiger partial charge < -0.3 is 15.8 Å². The summed E-state index contributed by atoms with van der Waals surface area (Å²) in [7, 11) is 0. The third-order valence-electron chi connectivity index (χ3n) is 1.57. The Balaban J connectivity index is 2.26. The topological polar surface area (TPSA) is 77.2 Å². The van der Waals surface area contributed by atoms with E-state index in [1.54, 1.807) is 18.3 Å². The highest BCUT2D eigenvalue weighted by molar-refractivity contribution is 6.31. The molecule has 1 rings (SSSR count). The second-order valence-corrected chi connectivity index (χ2v) is 3.10. The molecule has 0 bridgehead atoms. The average Bonchev–Trinajstić information content (AvgIpc) is 2.26. The van der Waals surface area contributed by atoms with Gasteiger partial charge in [0.05, 0.1) is 13.1 Å². The number of carbonyl (C=O) groups excluding carboxylic acids is 1. The molecule has 0 saturated carbocycles. The molecule has 1 aromatic rings. The Hall–Kier alpha value is -1.33. The smallest absolute Gasteiger partial charge is 0.233 e. The molecular weight excluding hydrogens is 218 g/mol. The number of hydrogen-bond acceptors (Lipinski definition) is 4. The maximum Gasteiger partial charge on any atom is 0.233 e. The number of nitrogens with one attached hydrogen (secondary N) is 1. The van der Waals surface area contributed by atoms with Gasteiger partial charge in [-0.3, -0.25) is 4.79 Å². The normalized spacial score (nSPS) is 9.73. The molecule has 1 heterocycles. The summed E-state index contributed by atoms with van der Waals surface area (Å²) in [5.41, 5.74) is 5.10. The molecule has 1 aromatic heterocycles.